The summed E-state index contributed by atoms with van der Waals surface area (Å²) < 4.78 is 5.70. The van der Waals surface area contributed by atoms with E-state index in [9.17, 15) is 0 Å². The van der Waals surface area contributed by atoms with Gasteiger partial charge in [-0.3, -0.25) is 0 Å². The van der Waals surface area contributed by atoms with Crippen molar-refractivity contribution >= 4 is 29.0 Å². The fraction of sp³-hybridized carbons (Fsp3) is 0.214. The molecule has 0 fully saturated rings. The Morgan fingerprint density at radius 1 is 1.20 bits per heavy atom. The van der Waals surface area contributed by atoms with Crippen molar-refractivity contribution in [3.8, 4) is 5.75 Å². The first-order chi connectivity index (χ1) is 9.63. The standard InChI is InChI=1S/C14H15Cl2N3O/c1-2-9-7-10(3-4-11(9)15)20-8-13-12(16)5-6-14(18-13)19-17/h3-7H,2,8,17H2,1H3,(H,18,19). The molecule has 2 rings (SSSR count). The van der Waals surface area contributed by atoms with Crippen molar-refractivity contribution in [1.82, 2.24) is 4.98 Å². The van der Waals surface area contributed by atoms with Crippen LogP contribution in [0.3, 0.4) is 0 Å². The number of ether oxygens (including phenoxy) is 1. The lowest BCUT2D eigenvalue weighted by atomic mass is 10.1. The summed E-state index contributed by atoms with van der Waals surface area (Å²) in [5.74, 6) is 6.59. The van der Waals surface area contributed by atoms with Crippen molar-refractivity contribution in [3.63, 3.8) is 0 Å². The van der Waals surface area contributed by atoms with Crippen LogP contribution in [0.5, 0.6) is 5.75 Å². The monoisotopic (exact) mass is 311 g/mol. The van der Waals surface area contributed by atoms with E-state index < -0.39 is 0 Å². The molecule has 0 aliphatic carbocycles. The Bertz CT molecular complexity index is 605. The second-order valence-corrected chi connectivity index (χ2v) is 4.98. The third-order valence-corrected chi connectivity index (χ3v) is 3.55. The van der Waals surface area contributed by atoms with Crippen LogP contribution in [0.2, 0.25) is 10.0 Å². The van der Waals surface area contributed by atoms with Gasteiger partial charge in [-0.25, -0.2) is 10.8 Å². The van der Waals surface area contributed by atoms with Crippen LogP contribution in [-0.4, -0.2) is 4.98 Å². The van der Waals surface area contributed by atoms with Crippen LogP contribution < -0.4 is 16.0 Å². The number of hydrogen-bond donors (Lipinski definition) is 2. The Morgan fingerprint density at radius 2 is 1.95 bits per heavy atom. The van der Waals surface area contributed by atoms with Gasteiger partial charge < -0.3 is 10.2 Å². The third-order valence-electron chi connectivity index (χ3n) is 2.84. The first-order valence-corrected chi connectivity index (χ1v) is 6.93. The number of nitrogens with zero attached hydrogens (tertiary/aromatic N) is 1. The van der Waals surface area contributed by atoms with Gasteiger partial charge in [0.1, 0.15) is 18.2 Å². The predicted octanol–water partition coefficient (Wildman–Crippen LogP) is 3.82. The maximum absolute atomic E-state index is 6.07. The second-order valence-electron chi connectivity index (χ2n) is 4.16. The average Bonchev–Trinajstić information content (AvgIpc) is 2.47. The van der Waals surface area contributed by atoms with E-state index in [1.807, 2.05) is 25.1 Å². The fourth-order valence-electron chi connectivity index (χ4n) is 1.73. The molecule has 0 saturated carbocycles. The normalized spacial score (nSPS) is 10.4. The summed E-state index contributed by atoms with van der Waals surface area (Å²) in [7, 11) is 0. The van der Waals surface area contributed by atoms with Gasteiger partial charge in [0.05, 0.1) is 10.7 Å². The summed E-state index contributed by atoms with van der Waals surface area (Å²) in [5, 5.41) is 1.28. The summed E-state index contributed by atoms with van der Waals surface area (Å²) in [6, 6.07) is 8.98. The fourth-order valence-corrected chi connectivity index (χ4v) is 2.14. The predicted molar refractivity (Wildman–Crippen MR) is 82.2 cm³/mol. The number of benzene rings is 1. The number of halogens is 2. The lowest BCUT2D eigenvalue weighted by Gasteiger charge is -2.10. The molecule has 1 heterocycles. The first-order valence-electron chi connectivity index (χ1n) is 6.17. The van der Waals surface area contributed by atoms with Crippen molar-refractivity contribution in [2.24, 2.45) is 5.84 Å². The van der Waals surface area contributed by atoms with Crippen LogP contribution in [0.4, 0.5) is 5.82 Å². The number of nitrogen functional groups attached to an aromatic ring is 1. The van der Waals surface area contributed by atoms with Gasteiger partial charge in [-0.05, 0) is 42.3 Å². The lowest BCUT2D eigenvalue weighted by molar-refractivity contribution is 0.301. The number of rotatable bonds is 5. The average molecular weight is 312 g/mol. The SMILES string of the molecule is CCc1cc(OCc2nc(NN)ccc2Cl)ccc1Cl. The van der Waals surface area contributed by atoms with Crippen molar-refractivity contribution in [1.29, 1.82) is 0 Å². The Kier molecular flexibility index (Phi) is 5.06. The zero-order valence-electron chi connectivity index (χ0n) is 11.0. The van der Waals surface area contributed by atoms with Crippen molar-refractivity contribution in [3.05, 3.63) is 51.6 Å². The number of aryl methyl sites for hydroxylation is 1. The van der Waals surface area contributed by atoms with E-state index >= 15 is 0 Å². The zero-order valence-corrected chi connectivity index (χ0v) is 12.5. The number of pyridine rings is 1. The number of nitrogens with two attached hydrogens (primary N) is 1. The highest BCUT2D eigenvalue weighted by atomic mass is 35.5. The first kappa shape index (κ1) is 14.9. The molecule has 0 unspecified atom stereocenters. The molecule has 4 nitrogen and oxygen atoms in total. The Labute approximate surface area is 127 Å². The molecule has 6 heteroatoms. The van der Waals surface area contributed by atoms with Crippen LogP contribution in [0.1, 0.15) is 18.2 Å². The van der Waals surface area contributed by atoms with Crippen LogP contribution >= 0.6 is 23.2 Å². The molecule has 0 spiro atoms. The van der Waals surface area contributed by atoms with E-state index in [4.69, 9.17) is 33.8 Å². The molecule has 0 aliphatic heterocycles. The van der Waals surface area contributed by atoms with E-state index in [-0.39, 0.29) is 6.61 Å². The van der Waals surface area contributed by atoms with Crippen molar-refractivity contribution in [2.45, 2.75) is 20.0 Å². The Hall–Kier alpha value is -1.49. The molecular formula is C14H15Cl2N3O. The molecule has 2 aromatic rings. The van der Waals surface area contributed by atoms with E-state index in [1.54, 1.807) is 12.1 Å². The van der Waals surface area contributed by atoms with Gasteiger partial charge in [-0.2, -0.15) is 0 Å². The number of anilines is 1. The molecule has 20 heavy (non-hydrogen) atoms. The molecule has 106 valence electrons. The van der Waals surface area contributed by atoms with Gasteiger partial charge in [-0.1, -0.05) is 30.1 Å². The molecule has 0 saturated heterocycles. The third kappa shape index (κ3) is 3.54. The minimum absolute atomic E-state index is 0.263. The lowest BCUT2D eigenvalue weighted by Crippen LogP contribution is -2.10. The summed E-state index contributed by atoms with van der Waals surface area (Å²) in [6.45, 7) is 2.30. The molecular weight excluding hydrogens is 297 g/mol. The maximum atomic E-state index is 6.07. The van der Waals surface area contributed by atoms with Gasteiger partial charge in [0.2, 0.25) is 0 Å². The number of aromatic nitrogens is 1. The maximum Gasteiger partial charge on any atom is 0.140 e. The van der Waals surface area contributed by atoms with E-state index in [0.717, 1.165) is 22.8 Å². The van der Waals surface area contributed by atoms with E-state index in [1.165, 1.54) is 0 Å². The van der Waals surface area contributed by atoms with E-state index in [2.05, 4.69) is 10.4 Å². The molecule has 0 aliphatic rings. The molecule has 0 amide bonds. The summed E-state index contributed by atoms with van der Waals surface area (Å²) in [4.78, 5) is 4.25. The molecule has 0 bridgehead atoms. The van der Waals surface area contributed by atoms with Crippen LogP contribution in [-0.2, 0) is 13.0 Å². The van der Waals surface area contributed by atoms with Gasteiger partial charge in [0.15, 0.2) is 0 Å². The van der Waals surface area contributed by atoms with Crippen LogP contribution in [0.15, 0.2) is 30.3 Å². The minimum Gasteiger partial charge on any atom is -0.487 e. The van der Waals surface area contributed by atoms with E-state index in [0.29, 0.717) is 16.5 Å². The summed E-state index contributed by atoms with van der Waals surface area (Å²) in [5.41, 5.74) is 4.14. The van der Waals surface area contributed by atoms with Crippen molar-refractivity contribution in [2.75, 3.05) is 5.43 Å². The van der Waals surface area contributed by atoms with Crippen LogP contribution in [0.25, 0.3) is 0 Å². The topological polar surface area (TPSA) is 60.2 Å². The minimum atomic E-state index is 0.263. The van der Waals surface area contributed by atoms with Gasteiger partial charge >= 0.3 is 0 Å². The zero-order chi connectivity index (χ0) is 14.5. The highest BCUT2D eigenvalue weighted by Gasteiger charge is 2.06. The quantitative estimate of drug-likeness (QED) is 0.651. The smallest absolute Gasteiger partial charge is 0.140 e. The number of nitrogens with one attached hydrogen (secondary N) is 1. The summed E-state index contributed by atoms with van der Waals surface area (Å²) in [6.07, 6.45) is 0.849. The summed E-state index contributed by atoms with van der Waals surface area (Å²) >= 11 is 12.1. The molecule has 1 aromatic carbocycles. The highest BCUT2D eigenvalue weighted by Crippen LogP contribution is 2.24. The molecule has 0 atom stereocenters. The Morgan fingerprint density at radius 3 is 2.65 bits per heavy atom. The second kappa shape index (κ2) is 6.79. The van der Waals surface area contributed by atoms with Crippen LogP contribution in [0, 0.1) is 0 Å². The van der Waals surface area contributed by atoms with Gasteiger partial charge in [0.25, 0.3) is 0 Å². The highest BCUT2D eigenvalue weighted by molar-refractivity contribution is 6.31. The molecule has 3 N–H and O–H groups in total. The Balaban J connectivity index is 2.12. The molecule has 1 aromatic heterocycles. The van der Waals surface area contributed by atoms with Gasteiger partial charge in [-0.15, -0.1) is 0 Å². The molecule has 0 radical (unpaired) electrons. The largest absolute Gasteiger partial charge is 0.487 e. The van der Waals surface area contributed by atoms with Gasteiger partial charge in [0, 0.05) is 5.02 Å². The number of hydrogen-bond acceptors (Lipinski definition) is 4. The van der Waals surface area contributed by atoms with Crippen molar-refractivity contribution < 1.29 is 4.74 Å². The number of hydrazine groups is 1.